The summed E-state index contributed by atoms with van der Waals surface area (Å²) in [6.45, 7) is 0.958. The quantitative estimate of drug-likeness (QED) is 0.475. The number of carbonyl (C=O) groups is 2. The molecule has 0 saturated carbocycles. The first-order valence-electron chi connectivity index (χ1n) is 8.55. The highest BCUT2D eigenvalue weighted by Crippen LogP contribution is 2.24. The zero-order valence-electron chi connectivity index (χ0n) is 14.9. The van der Waals surface area contributed by atoms with E-state index in [1.165, 1.54) is 7.11 Å². The zero-order chi connectivity index (χ0) is 19.2. The largest absolute Gasteiger partial charge is 0.496 e. The molecular weight excluding hydrogens is 346 g/mol. The minimum atomic E-state index is -0.368. The first-order valence-corrected chi connectivity index (χ1v) is 8.55. The number of fused-ring (bicyclic) bond motifs is 1. The fourth-order valence-corrected chi connectivity index (χ4v) is 2.69. The summed E-state index contributed by atoms with van der Waals surface area (Å²) in [6.07, 6.45) is 0.677. The van der Waals surface area contributed by atoms with Gasteiger partial charge in [0.25, 0.3) is 11.8 Å². The summed E-state index contributed by atoms with van der Waals surface area (Å²) in [5.74, 6) is -0.239. The Kier molecular flexibility index (Phi) is 5.68. The fraction of sp³-hybridized carbons (Fsp3) is 0.211. The van der Waals surface area contributed by atoms with E-state index >= 15 is 0 Å². The number of benzene rings is 2. The maximum absolute atomic E-state index is 12.6. The maximum atomic E-state index is 12.6. The molecule has 2 aromatic carbocycles. The van der Waals surface area contributed by atoms with Crippen molar-refractivity contribution in [3.63, 3.8) is 0 Å². The number of carbonyl (C=O) groups excluding carboxylic acids is 2. The van der Waals surface area contributed by atoms with Crippen molar-refractivity contribution in [1.29, 1.82) is 0 Å². The molecule has 8 heteroatoms. The molecule has 8 nitrogen and oxygen atoms in total. The number of para-hydroxylation sites is 1. The van der Waals surface area contributed by atoms with E-state index in [2.05, 4.69) is 20.8 Å². The molecule has 3 rings (SSSR count). The molecule has 27 heavy (non-hydrogen) atoms. The van der Waals surface area contributed by atoms with Crippen LogP contribution in [0.15, 0.2) is 42.5 Å². The van der Waals surface area contributed by atoms with Gasteiger partial charge >= 0.3 is 0 Å². The molecule has 0 aliphatic rings. The molecule has 3 aromatic rings. The number of nitrogens with one attached hydrogen (secondary N) is 3. The highest BCUT2D eigenvalue weighted by Gasteiger charge is 2.17. The lowest BCUT2D eigenvalue weighted by Crippen LogP contribution is -2.26. The lowest BCUT2D eigenvalue weighted by Gasteiger charge is -2.11. The van der Waals surface area contributed by atoms with Gasteiger partial charge in [-0.3, -0.25) is 14.7 Å². The van der Waals surface area contributed by atoms with E-state index in [0.29, 0.717) is 36.5 Å². The van der Waals surface area contributed by atoms with Gasteiger partial charge in [0.05, 0.1) is 18.2 Å². The highest BCUT2D eigenvalue weighted by atomic mass is 16.5. The summed E-state index contributed by atoms with van der Waals surface area (Å²) < 4.78 is 5.25. The number of ether oxygens (including phenoxy) is 1. The Morgan fingerprint density at radius 2 is 2.00 bits per heavy atom. The number of amides is 2. The second-order valence-electron chi connectivity index (χ2n) is 5.89. The van der Waals surface area contributed by atoms with Crippen LogP contribution in [0.2, 0.25) is 0 Å². The van der Waals surface area contributed by atoms with E-state index in [0.717, 1.165) is 10.9 Å². The maximum Gasteiger partial charge on any atom is 0.276 e. The molecule has 2 amide bonds. The number of hydrogen-bond donors (Lipinski definition) is 4. The van der Waals surface area contributed by atoms with Gasteiger partial charge in [-0.05, 0) is 37.2 Å². The minimum absolute atomic E-state index is 0.287. The summed E-state index contributed by atoms with van der Waals surface area (Å²) in [4.78, 5) is 25.0. The number of H-pyrrole nitrogens is 1. The Bertz CT molecular complexity index is 967. The fourth-order valence-electron chi connectivity index (χ4n) is 2.69. The van der Waals surface area contributed by atoms with E-state index in [4.69, 9.17) is 10.5 Å². The van der Waals surface area contributed by atoms with Crippen LogP contribution in [0.1, 0.15) is 27.3 Å². The number of aromatic nitrogens is 2. The van der Waals surface area contributed by atoms with Crippen LogP contribution >= 0.6 is 0 Å². The van der Waals surface area contributed by atoms with Gasteiger partial charge in [0, 0.05) is 17.6 Å². The molecule has 0 unspecified atom stereocenters. The molecular formula is C19H21N5O3. The Hall–Kier alpha value is -3.39. The molecule has 1 heterocycles. The molecule has 0 bridgehead atoms. The summed E-state index contributed by atoms with van der Waals surface area (Å²) >= 11 is 0. The number of rotatable bonds is 7. The third-order valence-electron chi connectivity index (χ3n) is 4.05. The van der Waals surface area contributed by atoms with E-state index in [9.17, 15) is 9.59 Å². The number of aromatic amines is 1. The van der Waals surface area contributed by atoms with Crippen LogP contribution in [0, 0.1) is 0 Å². The Morgan fingerprint density at radius 1 is 1.19 bits per heavy atom. The van der Waals surface area contributed by atoms with Crippen molar-refractivity contribution in [2.45, 2.75) is 6.42 Å². The lowest BCUT2D eigenvalue weighted by atomic mass is 10.1. The number of hydrogen-bond acceptors (Lipinski definition) is 5. The monoisotopic (exact) mass is 367 g/mol. The van der Waals surface area contributed by atoms with Crippen molar-refractivity contribution in [3.05, 3.63) is 53.7 Å². The number of anilines is 1. The van der Waals surface area contributed by atoms with Crippen LogP contribution in [0.3, 0.4) is 0 Å². The topological polar surface area (TPSA) is 122 Å². The Morgan fingerprint density at radius 3 is 2.78 bits per heavy atom. The van der Waals surface area contributed by atoms with Crippen molar-refractivity contribution in [2.75, 3.05) is 25.5 Å². The molecule has 0 spiro atoms. The van der Waals surface area contributed by atoms with Crippen LogP contribution in [0.4, 0.5) is 5.69 Å². The van der Waals surface area contributed by atoms with Crippen molar-refractivity contribution in [2.24, 2.45) is 5.73 Å². The summed E-state index contributed by atoms with van der Waals surface area (Å²) in [5, 5.41) is 13.2. The van der Waals surface area contributed by atoms with Gasteiger partial charge in [-0.15, -0.1) is 0 Å². The third-order valence-corrected chi connectivity index (χ3v) is 4.05. The Balaban J connectivity index is 1.81. The zero-order valence-corrected chi connectivity index (χ0v) is 14.9. The normalized spacial score (nSPS) is 10.6. The van der Waals surface area contributed by atoms with Crippen LogP contribution in [-0.2, 0) is 0 Å². The molecule has 0 fully saturated rings. The average molecular weight is 367 g/mol. The van der Waals surface area contributed by atoms with Gasteiger partial charge in [-0.25, -0.2) is 0 Å². The van der Waals surface area contributed by atoms with Crippen LogP contribution in [-0.4, -0.2) is 42.2 Å². The van der Waals surface area contributed by atoms with E-state index < -0.39 is 0 Å². The van der Waals surface area contributed by atoms with Gasteiger partial charge in [0.2, 0.25) is 0 Å². The van der Waals surface area contributed by atoms with Crippen molar-refractivity contribution in [1.82, 2.24) is 15.5 Å². The molecule has 0 aliphatic heterocycles. The van der Waals surface area contributed by atoms with Gasteiger partial charge in [-0.2, -0.15) is 5.10 Å². The summed E-state index contributed by atoms with van der Waals surface area (Å²) in [7, 11) is 1.49. The predicted molar refractivity (Wildman–Crippen MR) is 103 cm³/mol. The predicted octanol–water partition coefficient (Wildman–Crippen LogP) is 1.90. The van der Waals surface area contributed by atoms with Crippen molar-refractivity contribution >= 4 is 28.4 Å². The molecule has 0 atom stereocenters. The number of nitrogens with two attached hydrogens (primary N) is 1. The third kappa shape index (κ3) is 4.06. The lowest BCUT2D eigenvalue weighted by molar-refractivity contribution is 0.0949. The van der Waals surface area contributed by atoms with Gasteiger partial charge in [-0.1, -0.05) is 18.2 Å². The highest BCUT2D eigenvalue weighted by molar-refractivity contribution is 6.11. The minimum Gasteiger partial charge on any atom is -0.496 e. The number of nitrogens with zero attached hydrogens (tertiary/aromatic N) is 1. The van der Waals surface area contributed by atoms with Gasteiger partial charge in [0.15, 0.2) is 5.69 Å². The summed E-state index contributed by atoms with van der Waals surface area (Å²) in [6, 6.07) is 12.2. The summed E-state index contributed by atoms with van der Waals surface area (Å²) in [5.41, 5.74) is 7.31. The molecule has 0 saturated heterocycles. The molecule has 140 valence electrons. The molecule has 1 aromatic heterocycles. The molecule has 5 N–H and O–H groups in total. The molecule has 0 radical (unpaired) electrons. The van der Waals surface area contributed by atoms with Crippen LogP contribution in [0.5, 0.6) is 5.75 Å². The van der Waals surface area contributed by atoms with Crippen LogP contribution < -0.4 is 21.1 Å². The number of methoxy groups -OCH3 is 1. The van der Waals surface area contributed by atoms with Gasteiger partial charge < -0.3 is 21.1 Å². The van der Waals surface area contributed by atoms with E-state index in [-0.39, 0.29) is 17.5 Å². The first kappa shape index (κ1) is 18.4. The van der Waals surface area contributed by atoms with Gasteiger partial charge in [0.1, 0.15) is 5.75 Å². The second kappa shape index (κ2) is 8.33. The van der Waals surface area contributed by atoms with E-state index in [1.807, 2.05) is 24.3 Å². The van der Waals surface area contributed by atoms with Crippen molar-refractivity contribution < 1.29 is 14.3 Å². The average Bonchev–Trinajstić information content (AvgIpc) is 3.12. The molecule has 0 aliphatic carbocycles. The van der Waals surface area contributed by atoms with Crippen molar-refractivity contribution in [3.8, 4) is 5.75 Å². The smallest absolute Gasteiger partial charge is 0.276 e. The first-order chi connectivity index (χ1) is 13.1. The Labute approximate surface area is 156 Å². The standard InChI is InChI=1S/C19H21N5O3/c1-27-16-8-7-12(11-14(16)18(25)21-10-4-9-20)22-19(26)17-13-5-2-3-6-15(13)23-24-17/h2-3,5-8,11H,4,9-10,20H2,1H3,(H,21,25)(H,22,26)(H,23,24). The van der Waals surface area contributed by atoms with E-state index in [1.54, 1.807) is 18.2 Å². The SMILES string of the molecule is COc1ccc(NC(=O)c2n[nH]c3ccccc23)cc1C(=O)NCCCN. The van der Waals surface area contributed by atoms with Crippen LogP contribution in [0.25, 0.3) is 10.9 Å². The second-order valence-corrected chi connectivity index (χ2v) is 5.89.